The fourth-order valence-corrected chi connectivity index (χ4v) is 3.43. The number of halogens is 1. The maximum absolute atomic E-state index is 11.1. The summed E-state index contributed by atoms with van der Waals surface area (Å²) in [5, 5.41) is 11.1. The van der Waals surface area contributed by atoms with Crippen LogP contribution in [0.1, 0.15) is 18.4 Å². The molecule has 0 aliphatic carbocycles. The van der Waals surface area contributed by atoms with Gasteiger partial charge in [0.25, 0.3) is 0 Å². The lowest BCUT2D eigenvalue weighted by Gasteiger charge is -2.39. The van der Waals surface area contributed by atoms with Gasteiger partial charge in [0.2, 0.25) is 0 Å². The fourth-order valence-electron chi connectivity index (χ4n) is 3.07. The van der Waals surface area contributed by atoms with Crippen LogP contribution in [0.3, 0.4) is 0 Å². The zero-order valence-corrected chi connectivity index (χ0v) is 15.4. The maximum atomic E-state index is 11.1. The van der Waals surface area contributed by atoms with E-state index in [0.717, 1.165) is 28.8 Å². The first-order chi connectivity index (χ1) is 11.5. The molecule has 0 radical (unpaired) electrons. The smallest absolute Gasteiger partial charge is 0.122 e. The van der Waals surface area contributed by atoms with Gasteiger partial charge in [-0.05, 0) is 52.5 Å². The minimum absolute atomic E-state index is 0.635. The molecule has 1 aromatic carbocycles. The summed E-state index contributed by atoms with van der Waals surface area (Å²) in [5.74, 6) is 1.38. The number of piperidine rings is 1. The zero-order valence-electron chi connectivity index (χ0n) is 13.8. The van der Waals surface area contributed by atoms with Crippen molar-refractivity contribution in [2.75, 3.05) is 32.2 Å². The van der Waals surface area contributed by atoms with Gasteiger partial charge < -0.3 is 19.5 Å². The first-order valence-corrected chi connectivity index (χ1v) is 8.65. The molecule has 1 aliphatic rings. The second kappa shape index (κ2) is 6.99. The Morgan fingerprint density at radius 3 is 2.21 bits per heavy atom. The summed E-state index contributed by atoms with van der Waals surface area (Å²) in [4.78, 5) is 6.45. The monoisotopic (exact) mass is 392 g/mol. The molecule has 128 valence electrons. The number of ether oxygens (including phenoxy) is 2. The molecule has 1 N–H and O–H groups in total. The Kier molecular flexibility index (Phi) is 4.96. The van der Waals surface area contributed by atoms with Gasteiger partial charge in [-0.25, -0.2) is 0 Å². The molecular weight excluding hydrogens is 372 g/mol. The summed E-state index contributed by atoms with van der Waals surface area (Å²) in [6, 6.07) is 7.64. The lowest BCUT2D eigenvalue weighted by molar-refractivity contribution is 0.0114. The maximum Gasteiger partial charge on any atom is 0.122 e. The molecule has 1 fully saturated rings. The van der Waals surface area contributed by atoms with Crippen molar-refractivity contribution < 1.29 is 14.6 Å². The van der Waals surface area contributed by atoms with Crippen LogP contribution >= 0.6 is 15.9 Å². The van der Waals surface area contributed by atoms with Crippen LogP contribution in [0.5, 0.6) is 11.5 Å². The van der Waals surface area contributed by atoms with Gasteiger partial charge >= 0.3 is 0 Å². The summed E-state index contributed by atoms with van der Waals surface area (Å²) >= 11 is 3.45. The number of hydrogen-bond acceptors (Lipinski definition) is 5. The summed E-state index contributed by atoms with van der Waals surface area (Å²) in [7, 11) is 3.23. The van der Waals surface area contributed by atoms with Gasteiger partial charge in [-0.2, -0.15) is 0 Å². The second-order valence-corrected chi connectivity index (χ2v) is 6.90. The highest BCUT2D eigenvalue weighted by atomic mass is 79.9. The molecule has 0 spiro atoms. The van der Waals surface area contributed by atoms with E-state index in [-0.39, 0.29) is 0 Å². The van der Waals surface area contributed by atoms with E-state index in [2.05, 4.69) is 25.8 Å². The van der Waals surface area contributed by atoms with E-state index in [1.54, 1.807) is 20.4 Å². The highest BCUT2D eigenvalue weighted by Gasteiger charge is 2.35. The van der Waals surface area contributed by atoms with Crippen LogP contribution < -0.4 is 14.4 Å². The molecular formula is C18H21BrN2O3. The number of aromatic nitrogens is 1. The van der Waals surface area contributed by atoms with E-state index < -0.39 is 5.60 Å². The second-order valence-electron chi connectivity index (χ2n) is 5.98. The van der Waals surface area contributed by atoms with Crippen LogP contribution in [0.15, 0.2) is 41.1 Å². The molecule has 0 amide bonds. The van der Waals surface area contributed by atoms with Gasteiger partial charge in [-0.15, -0.1) is 0 Å². The van der Waals surface area contributed by atoms with Crippen molar-refractivity contribution in [2.45, 2.75) is 18.4 Å². The molecule has 2 heterocycles. The lowest BCUT2D eigenvalue weighted by Crippen LogP contribution is -2.42. The molecule has 3 rings (SSSR count). The van der Waals surface area contributed by atoms with Crippen molar-refractivity contribution in [3.8, 4) is 11.5 Å². The van der Waals surface area contributed by atoms with Gasteiger partial charge in [0, 0.05) is 29.8 Å². The quantitative estimate of drug-likeness (QED) is 0.864. The molecule has 0 bridgehead atoms. The van der Waals surface area contributed by atoms with E-state index in [0.29, 0.717) is 24.3 Å². The molecule has 0 atom stereocenters. The summed E-state index contributed by atoms with van der Waals surface area (Å²) in [6.45, 7) is 1.52. The van der Waals surface area contributed by atoms with Crippen molar-refractivity contribution in [3.63, 3.8) is 0 Å². The summed E-state index contributed by atoms with van der Waals surface area (Å²) in [6.07, 6.45) is 4.89. The van der Waals surface area contributed by atoms with Crippen molar-refractivity contribution >= 4 is 21.6 Å². The van der Waals surface area contributed by atoms with E-state index in [1.807, 2.05) is 30.5 Å². The third-order valence-electron chi connectivity index (χ3n) is 4.53. The molecule has 1 aliphatic heterocycles. The fraction of sp³-hybridized carbons (Fsp3) is 0.389. The van der Waals surface area contributed by atoms with Gasteiger partial charge in [0.15, 0.2) is 0 Å². The molecule has 1 saturated heterocycles. The number of rotatable bonds is 4. The van der Waals surface area contributed by atoms with Crippen LogP contribution in [0.2, 0.25) is 0 Å². The Labute approximate surface area is 150 Å². The highest BCUT2D eigenvalue weighted by molar-refractivity contribution is 9.10. The third kappa shape index (κ3) is 3.49. The standard InChI is InChI=1S/C18H21BrN2O3/c1-23-16-7-13(8-17(10-16)24-2)18(22)3-5-21(6-4-18)15-9-14(19)11-20-12-15/h7-12,22H,3-6H2,1-2H3. The SMILES string of the molecule is COc1cc(OC)cc(C2(O)CCN(c3cncc(Br)c3)CC2)c1. The van der Waals surface area contributed by atoms with E-state index >= 15 is 0 Å². The number of benzene rings is 1. The molecule has 0 saturated carbocycles. The van der Waals surface area contributed by atoms with Crippen LogP contribution in [-0.4, -0.2) is 37.4 Å². The minimum Gasteiger partial charge on any atom is -0.497 e. The van der Waals surface area contributed by atoms with Gasteiger partial charge in [0.05, 0.1) is 31.7 Å². The molecule has 5 nitrogen and oxygen atoms in total. The van der Waals surface area contributed by atoms with Crippen LogP contribution in [-0.2, 0) is 5.60 Å². The first kappa shape index (κ1) is 17.0. The average Bonchev–Trinajstić information content (AvgIpc) is 2.62. The Morgan fingerprint density at radius 2 is 1.67 bits per heavy atom. The summed E-state index contributed by atoms with van der Waals surface area (Å²) < 4.78 is 11.6. The third-order valence-corrected chi connectivity index (χ3v) is 4.97. The Bertz CT molecular complexity index is 693. The van der Waals surface area contributed by atoms with Crippen LogP contribution in [0, 0.1) is 0 Å². The Balaban J connectivity index is 1.79. The minimum atomic E-state index is -0.877. The number of methoxy groups -OCH3 is 2. The van der Waals surface area contributed by atoms with E-state index in [1.165, 1.54) is 0 Å². The lowest BCUT2D eigenvalue weighted by atomic mass is 9.84. The van der Waals surface area contributed by atoms with Gasteiger partial charge in [-0.3, -0.25) is 4.98 Å². The van der Waals surface area contributed by atoms with Crippen molar-refractivity contribution in [3.05, 3.63) is 46.7 Å². The Morgan fingerprint density at radius 1 is 1.04 bits per heavy atom. The van der Waals surface area contributed by atoms with Crippen molar-refractivity contribution in [2.24, 2.45) is 0 Å². The van der Waals surface area contributed by atoms with E-state index in [9.17, 15) is 5.11 Å². The predicted octanol–water partition coefficient (Wildman–Crippen LogP) is 3.35. The number of anilines is 1. The Hall–Kier alpha value is -1.79. The molecule has 2 aromatic rings. The molecule has 0 unspecified atom stereocenters. The van der Waals surface area contributed by atoms with Gasteiger partial charge in [-0.1, -0.05) is 0 Å². The summed E-state index contributed by atoms with van der Waals surface area (Å²) in [5.41, 5.74) is 1.03. The number of nitrogens with zero attached hydrogens (tertiary/aromatic N) is 2. The van der Waals surface area contributed by atoms with Crippen LogP contribution in [0.25, 0.3) is 0 Å². The molecule has 1 aromatic heterocycles. The van der Waals surface area contributed by atoms with Gasteiger partial charge in [0.1, 0.15) is 11.5 Å². The normalized spacial score (nSPS) is 16.8. The molecule has 6 heteroatoms. The van der Waals surface area contributed by atoms with Crippen LogP contribution in [0.4, 0.5) is 5.69 Å². The molecule has 24 heavy (non-hydrogen) atoms. The first-order valence-electron chi connectivity index (χ1n) is 7.85. The number of aliphatic hydroxyl groups is 1. The number of pyridine rings is 1. The largest absolute Gasteiger partial charge is 0.497 e. The van der Waals surface area contributed by atoms with Crippen molar-refractivity contribution in [1.82, 2.24) is 4.98 Å². The van der Waals surface area contributed by atoms with E-state index in [4.69, 9.17) is 9.47 Å². The zero-order chi connectivity index (χ0) is 17.2. The predicted molar refractivity (Wildman–Crippen MR) is 96.8 cm³/mol. The van der Waals surface area contributed by atoms with Crippen molar-refractivity contribution in [1.29, 1.82) is 0 Å². The topological polar surface area (TPSA) is 54.8 Å². The average molecular weight is 393 g/mol. The highest BCUT2D eigenvalue weighted by Crippen LogP contribution is 2.38. The number of hydrogen-bond donors (Lipinski definition) is 1.